The van der Waals surface area contributed by atoms with Gasteiger partial charge in [0.1, 0.15) is 0 Å². The first kappa shape index (κ1) is 20.4. The molecule has 0 radical (unpaired) electrons. The van der Waals surface area contributed by atoms with Crippen LogP contribution in [-0.4, -0.2) is 54.5 Å². The Kier molecular flexibility index (Phi) is 5.76. The molecule has 0 fully saturated rings. The van der Waals surface area contributed by atoms with Crippen LogP contribution in [0.4, 0.5) is 10.8 Å². The first-order valence-corrected chi connectivity index (χ1v) is 11.0. The summed E-state index contributed by atoms with van der Waals surface area (Å²) in [6, 6.07) is 6.13. The van der Waals surface area contributed by atoms with Crippen molar-refractivity contribution in [2.45, 2.75) is 26.8 Å². The van der Waals surface area contributed by atoms with Gasteiger partial charge in [0.2, 0.25) is 0 Å². The van der Waals surface area contributed by atoms with Gasteiger partial charge in [-0.15, -0.1) is 0 Å². The SMILES string of the molecule is CCOC(=O)c1cc(C)n(Cc2cc(N(C)C)cc3sc(N4CC=CCC4)nc23)n1. The fraction of sp³-hybridized carbons (Fsp3) is 0.409. The third kappa shape index (κ3) is 4.05. The number of nitrogens with zero attached hydrogens (tertiary/aromatic N) is 5. The Morgan fingerprint density at radius 3 is 2.80 bits per heavy atom. The van der Waals surface area contributed by atoms with E-state index < -0.39 is 0 Å². The summed E-state index contributed by atoms with van der Waals surface area (Å²) in [4.78, 5) is 21.5. The summed E-state index contributed by atoms with van der Waals surface area (Å²) in [6.45, 7) is 6.53. The van der Waals surface area contributed by atoms with Crippen molar-refractivity contribution in [2.24, 2.45) is 0 Å². The van der Waals surface area contributed by atoms with Gasteiger partial charge in [-0.2, -0.15) is 5.10 Å². The molecule has 2 aromatic heterocycles. The van der Waals surface area contributed by atoms with Crippen LogP contribution in [0.5, 0.6) is 0 Å². The zero-order chi connectivity index (χ0) is 21.3. The van der Waals surface area contributed by atoms with Crippen molar-refractivity contribution in [3.8, 4) is 0 Å². The molecule has 0 saturated heterocycles. The van der Waals surface area contributed by atoms with Crippen LogP contribution in [-0.2, 0) is 11.3 Å². The van der Waals surface area contributed by atoms with E-state index in [1.165, 1.54) is 0 Å². The van der Waals surface area contributed by atoms with Gasteiger partial charge in [-0.1, -0.05) is 23.5 Å². The highest BCUT2D eigenvalue weighted by Gasteiger charge is 2.18. The summed E-state index contributed by atoms with van der Waals surface area (Å²) in [6.07, 6.45) is 5.47. The van der Waals surface area contributed by atoms with Crippen molar-refractivity contribution in [3.63, 3.8) is 0 Å². The number of esters is 1. The van der Waals surface area contributed by atoms with E-state index in [0.717, 1.165) is 51.8 Å². The van der Waals surface area contributed by atoms with Gasteiger partial charge < -0.3 is 14.5 Å². The number of hydrogen-bond acceptors (Lipinski definition) is 7. The lowest BCUT2D eigenvalue weighted by Gasteiger charge is -2.22. The molecule has 1 aliphatic heterocycles. The molecular formula is C22H27N5O2S. The fourth-order valence-corrected chi connectivity index (χ4v) is 4.62. The van der Waals surface area contributed by atoms with E-state index in [-0.39, 0.29) is 5.97 Å². The minimum absolute atomic E-state index is 0.337. The molecule has 30 heavy (non-hydrogen) atoms. The first-order chi connectivity index (χ1) is 14.5. The number of benzene rings is 1. The zero-order valence-corrected chi connectivity index (χ0v) is 18.7. The maximum Gasteiger partial charge on any atom is 0.358 e. The van der Waals surface area contributed by atoms with Crippen LogP contribution >= 0.6 is 11.3 Å². The second-order valence-electron chi connectivity index (χ2n) is 7.60. The number of anilines is 2. The molecule has 0 N–H and O–H groups in total. The monoisotopic (exact) mass is 425 g/mol. The minimum atomic E-state index is -0.388. The van der Waals surface area contributed by atoms with Crippen molar-refractivity contribution >= 4 is 38.3 Å². The van der Waals surface area contributed by atoms with Crippen LogP contribution in [0.3, 0.4) is 0 Å². The smallest absolute Gasteiger partial charge is 0.358 e. The molecule has 0 spiro atoms. The van der Waals surface area contributed by atoms with Crippen LogP contribution in [0.25, 0.3) is 10.2 Å². The first-order valence-electron chi connectivity index (χ1n) is 10.2. The van der Waals surface area contributed by atoms with Gasteiger partial charge in [-0.3, -0.25) is 4.68 Å². The van der Waals surface area contributed by atoms with Crippen molar-refractivity contribution < 1.29 is 9.53 Å². The Morgan fingerprint density at radius 2 is 2.10 bits per heavy atom. The van der Waals surface area contributed by atoms with Crippen molar-refractivity contribution in [3.05, 3.63) is 47.3 Å². The Labute approximate surface area is 180 Å². The van der Waals surface area contributed by atoms with Gasteiger partial charge in [-0.25, -0.2) is 9.78 Å². The van der Waals surface area contributed by atoms with E-state index in [1.54, 1.807) is 24.3 Å². The standard InChI is InChI=1S/C22H27N5O2S/c1-5-29-21(28)18-11-15(2)27(24-18)14-16-12-17(25(3)4)13-19-20(16)23-22(30-19)26-9-7-6-8-10-26/h6-7,11-13H,5,8-10,14H2,1-4H3. The molecule has 3 heterocycles. The average Bonchev–Trinajstić information content (AvgIpc) is 3.33. The molecule has 1 aliphatic rings. The van der Waals surface area contributed by atoms with Crippen LogP contribution in [0.1, 0.15) is 35.1 Å². The Morgan fingerprint density at radius 1 is 1.27 bits per heavy atom. The molecule has 0 amide bonds. The Bertz CT molecular complexity index is 1100. The molecule has 0 saturated carbocycles. The highest BCUT2D eigenvalue weighted by Crippen LogP contribution is 2.35. The average molecular weight is 426 g/mol. The predicted molar refractivity (Wildman–Crippen MR) is 122 cm³/mol. The minimum Gasteiger partial charge on any atom is -0.461 e. The predicted octanol–water partition coefficient (Wildman–Crippen LogP) is 3.86. The quantitative estimate of drug-likeness (QED) is 0.441. The van der Waals surface area contributed by atoms with Crippen LogP contribution < -0.4 is 9.80 Å². The molecule has 158 valence electrons. The highest BCUT2D eigenvalue weighted by atomic mass is 32.1. The molecule has 0 bridgehead atoms. The lowest BCUT2D eigenvalue weighted by Crippen LogP contribution is -2.26. The number of thiazole rings is 1. The van der Waals surface area contributed by atoms with Crippen LogP contribution in [0.15, 0.2) is 30.4 Å². The summed E-state index contributed by atoms with van der Waals surface area (Å²) in [5, 5.41) is 5.54. The molecule has 3 aromatic rings. The Balaban J connectivity index is 1.73. The molecule has 1 aromatic carbocycles. The van der Waals surface area contributed by atoms with E-state index in [2.05, 4.69) is 39.2 Å². The van der Waals surface area contributed by atoms with Gasteiger partial charge in [0.05, 0.1) is 23.4 Å². The molecule has 8 heteroatoms. The number of fused-ring (bicyclic) bond motifs is 1. The second-order valence-corrected chi connectivity index (χ2v) is 8.61. The fourth-order valence-electron chi connectivity index (χ4n) is 3.54. The van der Waals surface area contributed by atoms with E-state index in [4.69, 9.17) is 9.72 Å². The summed E-state index contributed by atoms with van der Waals surface area (Å²) in [5.74, 6) is -0.388. The molecule has 7 nitrogen and oxygen atoms in total. The number of aryl methyl sites for hydroxylation is 1. The highest BCUT2D eigenvalue weighted by molar-refractivity contribution is 7.22. The number of ether oxygens (including phenoxy) is 1. The normalized spacial score (nSPS) is 13.8. The zero-order valence-electron chi connectivity index (χ0n) is 17.9. The molecule has 0 unspecified atom stereocenters. The number of carbonyl (C=O) groups excluding carboxylic acids is 1. The van der Waals surface area contributed by atoms with E-state index in [0.29, 0.717) is 18.8 Å². The van der Waals surface area contributed by atoms with E-state index >= 15 is 0 Å². The van der Waals surface area contributed by atoms with E-state index in [1.807, 2.05) is 25.7 Å². The lowest BCUT2D eigenvalue weighted by molar-refractivity contribution is 0.0518. The van der Waals surface area contributed by atoms with Crippen molar-refractivity contribution in [1.29, 1.82) is 0 Å². The van der Waals surface area contributed by atoms with Gasteiger partial charge in [0.25, 0.3) is 0 Å². The lowest BCUT2D eigenvalue weighted by atomic mass is 10.1. The summed E-state index contributed by atoms with van der Waals surface area (Å²) in [5.41, 5.74) is 4.48. The topological polar surface area (TPSA) is 63.5 Å². The number of rotatable bonds is 6. The van der Waals surface area contributed by atoms with Crippen LogP contribution in [0, 0.1) is 6.92 Å². The maximum atomic E-state index is 12.1. The van der Waals surface area contributed by atoms with Crippen molar-refractivity contribution in [2.75, 3.05) is 43.6 Å². The van der Waals surface area contributed by atoms with Gasteiger partial charge >= 0.3 is 5.97 Å². The maximum absolute atomic E-state index is 12.1. The van der Waals surface area contributed by atoms with Crippen molar-refractivity contribution in [1.82, 2.24) is 14.8 Å². The Hall–Kier alpha value is -2.87. The molecule has 0 aliphatic carbocycles. The second kappa shape index (κ2) is 8.47. The summed E-state index contributed by atoms with van der Waals surface area (Å²) >= 11 is 1.73. The number of carbonyl (C=O) groups is 1. The summed E-state index contributed by atoms with van der Waals surface area (Å²) in [7, 11) is 4.08. The van der Waals surface area contributed by atoms with E-state index in [9.17, 15) is 4.79 Å². The van der Waals surface area contributed by atoms with Crippen LogP contribution in [0.2, 0.25) is 0 Å². The van der Waals surface area contributed by atoms with Gasteiger partial charge in [0.15, 0.2) is 10.8 Å². The number of aromatic nitrogens is 3. The third-order valence-corrected chi connectivity index (χ3v) is 6.24. The largest absolute Gasteiger partial charge is 0.461 e. The van der Waals surface area contributed by atoms with Gasteiger partial charge in [0, 0.05) is 44.1 Å². The van der Waals surface area contributed by atoms with Gasteiger partial charge in [-0.05, 0) is 38.5 Å². The molecule has 4 rings (SSSR count). The number of hydrogen-bond donors (Lipinski definition) is 0. The molecular weight excluding hydrogens is 398 g/mol. The third-order valence-electron chi connectivity index (χ3n) is 5.18. The molecule has 0 atom stereocenters. The summed E-state index contributed by atoms with van der Waals surface area (Å²) < 4.78 is 8.11.